The van der Waals surface area contributed by atoms with Gasteiger partial charge in [-0.25, -0.2) is 0 Å². The van der Waals surface area contributed by atoms with Gasteiger partial charge in [0, 0.05) is 5.39 Å². The van der Waals surface area contributed by atoms with Crippen LogP contribution in [0.1, 0.15) is 77.2 Å². The zero-order chi connectivity index (χ0) is 21.8. The van der Waals surface area contributed by atoms with Crippen molar-refractivity contribution >= 4 is 10.8 Å². The normalized spacial score (nSPS) is 32.6. The Morgan fingerprint density at radius 2 is 1.61 bits per heavy atom. The summed E-state index contributed by atoms with van der Waals surface area (Å²) in [5.74, 6) is 3.77. The molecule has 2 aromatic rings. The standard InChI is InChI=1S/C27H34F2O2/c1-4-16(3)21-7-6-8-23-22(21)9-10-24(30-26(28)29)25(23)31-27(5-2)19-12-17-11-18(14-19)15-20(27)13-17/h6-10,16-20,26H,4-5,11-15H2,1-3H3. The molecular formula is C27H34F2O2. The molecule has 2 aromatic carbocycles. The molecule has 0 spiro atoms. The number of fused-ring (bicyclic) bond motifs is 1. The van der Waals surface area contributed by atoms with Gasteiger partial charge in [-0.15, -0.1) is 0 Å². The number of ether oxygens (including phenoxy) is 2. The Morgan fingerprint density at radius 3 is 2.19 bits per heavy atom. The lowest BCUT2D eigenvalue weighted by molar-refractivity contribution is -0.159. The number of alkyl halides is 2. The molecule has 0 N–H and O–H groups in total. The predicted molar refractivity (Wildman–Crippen MR) is 120 cm³/mol. The lowest BCUT2D eigenvalue weighted by Gasteiger charge is -2.60. The zero-order valence-electron chi connectivity index (χ0n) is 18.9. The predicted octanol–water partition coefficient (Wildman–Crippen LogP) is 7.94. The number of hydrogen-bond acceptors (Lipinski definition) is 2. The molecule has 4 bridgehead atoms. The number of rotatable bonds is 7. The van der Waals surface area contributed by atoms with E-state index in [9.17, 15) is 8.78 Å². The first kappa shape index (κ1) is 21.0. The second-order valence-electron chi connectivity index (χ2n) is 10.2. The SMILES string of the molecule is CCC(C)c1cccc2c(OC3(CC)C4CC5CC(C4)CC3C5)c(OC(F)F)ccc12. The van der Waals surface area contributed by atoms with Crippen LogP contribution in [0.25, 0.3) is 10.8 Å². The van der Waals surface area contributed by atoms with Gasteiger partial charge in [-0.05, 0) is 91.6 Å². The van der Waals surface area contributed by atoms with Gasteiger partial charge < -0.3 is 9.47 Å². The van der Waals surface area contributed by atoms with E-state index in [2.05, 4.69) is 26.8 Å². The molecule has 0 saturated heterocycles. The van der Waals surface area contributed by atoms with Gasteiger partial charge in [0.1, 0.15) is 5.60 Å². The van der Waals surface area contributed by atoms with Gasteiger partial charge >= 0.3 is 6.61 Å². The quantitative estimate of drug-likeness (QED) is 0.446. The molecule has 4 fully saturated rings. The average molecular weight is 429 g/mol. The molecule has 31 heavy (non-hydrogen) atoms. The smallest absolute Gasteiger partial charge is 0.387 e. The van der Waals surface area contributed by atoms with Crippen molar-refractivity contribution in [2.24, 2.45) is 23.7 Å². The number of benzene rings is 2. The second-order valence-corrected chi connectivity index (χ2v) is 10.2. The van der Waals surface area contributed by atoms with Crippen LogP contribution in [0.4, 0.5) is 8.78 Å². The van der Waals surface area contributed by atoms with E-state index in [1.807, 2.05) is 18.2 Å². The number of hydrogen-bond donors (Lipinski definition) is 0. The van der Waals surface area contributed by atoms with Gasteiger partial charge in [0.15, 0.2) is 11.5 Å². The van der Waals surface area contributed by atoms with E-state index in [1.54, 1.807) is 6.07 Å². The van der Waals surface area contributed by atoms with E-state index in [4.69, 9.17) is 9.47 Å². The Hall–Kier alpha value is -1.84. The van der Waals surface area contributed by atoms with Gasteiger partial charge in [0.2, 0.25) is 0 Å². The minimum Gasteiger partial charge on any atom is -0.482 e. The Bertz CT molecular complexity index is 926. The van der Waals surface area contributed by atoms with Crippen molar-refractivity contribution in [2.45, 2.75) is 83.8 Å². The summed E-state index contributed by atoms with van der Waals surface area (Å²) in [6.45, 7) is 3.74. The van der Waals surface area contributed by atoms with Crippen molar-refractivity contribution in [1.29, 1.82) is 0 Å². The summed E-state index contributed by atoms with van der Waals surface area (Å²) in [5, 5.41) is 1.99. The first-order valence-corrected chi connectivity index (χ1v) is 12.1. The van der Waals surface area contributed by atoms with Crippen molar-refractivity contribution in [1.82, 2.24) is 0 Å². The third-order valence-electron chi connectivity index (χ3n) is 8.73. The van der Waals surface area contributed by atoms with E-state index in [0.717, 1.165) is 35.4 Å². The molecule has 4 heteroatoms. The summed E-state index contributed by atoms with van der Waals surface area (Å²) >= 11 is 0. The molecule has 168 valence electrons. The molecule has 4 aliphatic carbocycles. The molecule has 0 aliphatic heterocycles. The van der Waals surface area contributed by atoms with E-state index >= 15 is 0 Å². The fourth-order valence-electron chi connectivity index (χ4n) is 7.27. The van der Waals surface area contributed by atoms with Crippen LogP contribution >= 0.6 is 0 Å². The highest BCUT2D eigenvalue weighted by Crippen LogP contribution is 2.61. The highest BCUT2D eigenvalue weighted by molar-refractivity contribution is 5.93. The summed E-state index contributed by atoms with van der Waals surface area (Å²) in [7, 11) is 0. The monoisotopic (exact) mass is 428 g/mol. The van der Waals surface area contributed by atoms with Crippen molar-refractivity contribution in [3.05, 3.63) is 35.9 Å². The summed E-state index contributed by atoms with van der Waals surface area (Å²) < 4.78 is 38.6. The Labute approximate surface area is 184 Å². The summed E-state index contributed by atoms with van der Waals surface area (Å²) in [6.07, 6.45) is 8.18. The van der Waals surface area contributed by atoms with Gasteiger partial charge in [-0.1, -0.05) is 45.0 Å². The fraction of sp³-hybridized carbons (Fsp3) is 0.630. The van der Waals surface area contributed by atoms with Crippen LogP contribution in [0.2, 0.25) is 0 Å². The fourth-order valence-corrected chi connectivity index (χ4v) is 7.27. The zero-order valence-corrected chi connectivity index (χ0v) is 18.9. The lowest BCUT2D eigenvalue weighted by atomic mass is 9.49. The molecule has 0 radical (unpaired) electrons. The maximum Gasteiger partial charge on any atom is 0.387 e. The summed E-state index contributed by atoms with van der Waals surface area (Å²) in [6, 6.07) is 9.80. The average Bonchev–Trinajstić information content (AvgIpc) is 2.75. The maximum absolute atomic E-state index is 13.3. The van der Waals surface area contributed by atoms with Crippen LogP contribution in [0.15, 0.2) is 30.3 Å². The van der Waals surface area contributed by atoms with Crippen molar-refractivity contribution < 1.29 is 18.3 Å². The Morgan fingerprint density at radius 1 is 0.935 bits per heavy atom. The minimum absolute atomic E-state index is 0.172. The number of halogens is 2. The topological polar surface area (TPSA) is 18.5 Å². The van der Waals surface area contributed by atoms with E-state index in [1.165, 1.54) is 37.7 Å². The maximum atomic E-state index is 13.3. The molecule has 0 aromatic heterocycles. The van der Waals surface area contributed by atoms with E-state index in [-0.39, 0.29) is 11.4 Å². The molecule has 0 heterocycles. The van der Waals surface area contributed by atoms with Crippen LogP contribution in [0.3, 0.4) is 0 Å². The van der Waals surface area contributed by atoms with E-state index < -0.39 is 6.61 Å². The molecule has 4 saturated carbocycles. The second kappa shape index (κ2) is 7.94. The van der Waals surface area contributed by atoms with Crippen LogP contribution < -0.4 is 9.47 Å². The molecule has 6 rings (SSSR count). The molecular weight excluding hydrogens is 394 g/mol. The molecule has 0 amide bonds. The molecule has 2 nitrogen and oxygen atoms in total. The van der Waals surface area contributed by atoms with Crippen molar-refractivity contribution in [2.75, 3.05) is 0 Å². The summed E-state index contributed by atoms with van der Waals surface area (Å²) in [4.78, 5) is 0. The highest BCUT2D eigenvalue weighted by Gasteiger charge is 2.58. The largest absolute Gasteiger partial charge is 0.482 e. The van der Waals surface area contributed by atoms with Crippen molar-refractivity contribution in [3.63, 3.8) is 0 Å². The van der Waals surface area contributed by atoms with E-state index in [0.29, 0.717) is 23.5 Å². The van der Waals surface area contributed by atoms with Crippen LogP contribution in [-0.2, 0) is 0 Å². The van der Waals surface area contributed by atoms with Crippen molar-refractivity contribution in [3.8, 4) is 11.5 Å². The molecule has 1 atom stereocenters. The van der Waals surface area contributed by atoms with Crippen LogP contribution in [0, 0.1) is 23.7 Å². The van der Waals surface area contributed by atoms with Gasteiger partial charge in [0.05, 0.1) is 0 Å². The Kier molecular flexibility index (Phi) is 5.38. The Balaban J connectivity index is 1.63. The highest BCUT2D eigenvalue weighted by atomic mass is 19.3. The molecule has 4 aliphatic rings. The first-order valence-electron chi connectivity index (χ1n) is 12.1. The van der Waals surface area contributed by atoms with Gasteiger partial charge in [-0.3, -0.25) is 0 Å². The summed E-state index contributed by atoms with van der Waals surface area (Å²) in [5.41, 5.74) is 0.970. The molecule has 1 unspecified atom stereocenters. The van der Waals surface area contributed by atoms with Gasteiger partial charge in [0.25, 0.3) is 0 Å². The lowest BCUT2D eigenvalue weighted by Crippen LogP contribution is -2.60. The van der Waals surface area contributed by atoms with Crippen LogP contribution in [-0.4, -0.2) is 12.2 Å². The van der Waals surface area contributed by atoms with Gasteiger partial charge in [-0.2, -0.15) is 8.78 Å². The minimum atomic E-state index is -2.87. The van der Waals surface area contributed by atoms with Crippen LogP contribution in [0.5, 0.6) is 11.5 Å². The third kappa shape index (κ3) is 3.41. The first-order chi connectivity index (χ1) is 14.9. The third-order valence-corrected chi connectivity index (χ3v) is 8.73.